The summed E-state index contributed by atoms with van der Waals surface area (Å²) in [6.07, 6.45) is 13.8. The van der Waals surface area contributed by atoms with Gasteiger partial charge in [0.15, 0.2) is 0 Å². The first kappa shape index (κ1) is 15.5. The van der Waals surface area contributed by atoms with Crippen molar-refractivity contribution in [2.45, 2.75) is 63.5 Å². The topological polar surface area (TPSA) is 45.2 Å². The molecule has 1 aromatic heterocycles. The van der Waals surface area contributed by atoms with E-state index < -0.39 is 0 Å². The van der Waals surface area contributed by atoms with Crippen molar-refractivity contribution in [2.75, 3.05) is 13.1 Å². The van der Waals surface area contributed by atoms with Crippen LogP contribution in [0.1, 0.15) is 61.7 Å². The maximum Gasteiger partial charge on any atom is 0.251 e. The van der Waals surface area contributed by atoms with Gasteiger partial charge in [0.1, 0.15) is 0 Å². The maximum absolute atomic E-state index is 12.3. The lowest BCUT2D eigenvalue weighted by atomic mass is 9.99. The highest BCUT2D eigenvalue weighted by atomic mass is 16.1. The van der Waals surface area contributed by atoms with Crippen LogP contribution in [0, 0.1) is 0 Å². The maximum atomic E-state index is 12.3. The molecule has 2 heterocycles. The second-order valence-electron chi connectivity index (χ2n) is 6.69. The third-order valence-corrected chi connectivity index (χ3v) is 5.07. The van der Waals surface area contributed by atoms with E-state index in [4.69, 9.17) is 0 Å². The SMILES string of the molecule is O=C(NC1CCCN(C2CCCCCC2)C1)c1ccncc1. The fourth-order valence-corrected chi connectivity index (χ4v) is 3.85. The molecule has 1 unspecified atom stereocenters. The Hall–Kier alpha value is -1.42. The van der Waals surface area contributed by atoms with Crippen LogP contribution in [0.5, 0.6) is 0 Å². The Morgan fingerprint density at radius 3 is 2.50 bits per heavy atom. The lowest BCUT2D eigenvalue weighted by Gasteiger charge is -2.38. The second kappa shape index (κ2) is 7.73. The zero-order valence-electron chi connectivity index (χ0n) is 13.3. The van der Waals surface area contributed by atoms with Crippen LogP contribution in [-0.2, 0) is 0 Å². The van der Waals surface area contributed by atoms with Gasteiger partial charge >= 0.3 is 0 Å². The first-order valence-corrected chi connectivity index (χ1v) is 8.78. The molecule has 1 amide bonds. The summed E-state index contributed by atoms with van der Waals surface area (Å²) in [5, 5.41) is 3.21. The summed E-state index contributed by atoms with van der Waals surface area (Å²) in [7, 11) is 0. The van der Waals surface area contributed by atoms with Gasteiger partial charge in [-0.2, -0.15) is 0 Å². The number of carbonyl (C=O) groups excluding carboxylic acids is 1. The summed E-state index contributed by atoms with van der Waals surface area (Å²) in [5.74, 6) is 0.0371. The standard InChI is InChI=1S/C18H27N3O/c22-18(15-9-11-19-12-10-15)20-16-6-5-13-21(14-16)17-7-3-1-2-4-8-17/h9-12,16-17H,1-8,13-14H2,(H,20,22). The summed E-state index contributed by atoms with van der Waals surface area (Å²) < 4.78 is 0. The molecule has 0 aromatic carbocycles. The van der Waals surface area contributed by atoms with Crippen LogP contribution in [0.15, 0.2) is 24.5 Å². The van der Waals surface area contributed by atoms with E-state index in [2.05, 4.69) is 15.2 Å². The molecule has 1 aliphatic carbocycles. The number of amides is 1. The van der Waals surface area contributed by atoms with Gasteiger partial charge in [-0.05, 0) is 44.4 Å². The van der Waals surface area contributed by atoms with Gasteiger partial charge in [0, 0.05) is 36.6 Å². The molecule has 1 N–H and O–H groups in total. The van der Waals surface area contributed by atoms with Gasteiger partial charge in [-0.1, -0.05) is 25.7 Å². The summed E-state index contributed by atoms with van der Waals surface area (Å²) >= 11 is 0. The largest absolute Gasteiger partial charge is 0.348 e. The molecular formula is C18H27N3O. The Morgan fingerprint density at radius 2 is 1.77 bits per heavy atom. The Balaban J connectivity index is 1.55. The zero-order valence-corrected chi connectivity index (χ0v) is 13.3. The van der Waals surface area contributed by atoms with Crippen molar-refractivity contribution in [3.63, 3.8) is 0 Å². The molecule has 2 fully saturated rings. The molecule has 0 spiro atoms. The fourth-order valence-electron chi connectivity index (χ4n) is 3.85. The Kier molecular flexibility index (Phi) is 5.43. The van der Waals surface area contributed by atoms with Crippen LogP contribution >= 0.6 is 0 Å². The van der Waals surface area contributed by atoms with Crippen LogP contribution in [0.4, 0.5) is 0 Å². The Labute approximate surface area is 133 Å². The van der Waals surface area contributed by atoms with E-state index in [9.17, 15) is 4.79 Å². The number of nitrogens with one attached hydrogen (secondary N) is 1. The molecule has 1 atom stereocenters. The average Bonchev–Trinajstić information content (AvgIpc) is 2.85. The first-order chi connectivity index (χ1) is 10.8. The van der Waals surface area contributed by atoms with Crippen molar-refractivity contribution >= 4 is 5.91 Å². The number of aromatic nitrogens is 1. The minimum absolute atomic E-state index is 0.0371. The van der Waals surface area contributed by atoms with Crippen molar-refractivity contribution in [1.29, 1.82) is 0 Å². The van der Waals surface area contributed by atoms with E-state index in [1.807, 2.05) is 0 Å². The minimum atomic E-state index is 0.0371. The number of hydrogen-bond donors (Lipinski definition) is 1. The lowest BCUT2D eigenvalue weighted by molar-refractivity contribution is 0.0860. The van der Waals surface area contributed by atoms with Crippen molar-refractivity contribution in [3.8, 4) is 0 Å². The van der Waals surface area contributed by atoms with Gasteiger partial charge in [0.05, 0.1) is 0 Å². The van der Waals surface area contributed by atoms with Crippen LogP contribution in [0.3, 0.4) is 0 Å². The molecule has 1 saturated carbocycles. The number of pyridine rings is 1. The molecule has 1 aromatic rings. The molecule has 3 rings (SSSR count). The average molecular weight is 301 g/mol. The van der Waals surface area contributed by atoms with Gasteiger partial charge in [0.25, 0.3) is 5.91 Å². The lowest BCUT2D eigenvalue weighted by Crippen LogP contribution is -2.50. The molecule has 0 radical (unpaired) electrons. The van der Waals surface area contributed by atoms with E-state index in [1.165, 1.54) is 51.5 Å². The molecule has 120 valence electrons. The van der Waals surface area contributed by atoms with E-state index in [0.717, 1.165) is 19.0 Å². The zero-order chi connectivity index (χ0) is 15.2. The number of piperidine rings is 1. The van der Waals surface area contributed by atoms with Crippen molar-refractivity contribution < 1.29 is 4.79 Å². The molecule has 4 nitrogen and oxygen atoms in total. The van der Waals surface area contributed by atoms with Crippen LogP contribution in [0.25, 0.3) is 0 Å². The highest BCUT2D eigenvalue weighted by Crippen LogP contribution is 2.24. The molecular weight excluding hydrogens is 274 g/mol. The highest BCUT2D eigenvalue weighted by molar-refractivity contribution is 5.94. The molecule has 1 saturated heterocycles. The summed E-state index contributed by atoms with van der Waals surface area (Å²) in [6.45, 7) is 2.22. The summed E-state index contributed by atoms with van der Waals surface area (Å²) in [5.41, 5.74) is 0.710. The minimum Gasteiger partial charge on any atom is -0.348 e. The number of rotatable bonds is 3. The Morgan fingerprint density at radius 1 is 1.05 bits per heavy atom. The Bertz CT molecular complexity index is 468. The van der Waals surface area contributed by atoms with Crippen molar-refractivity contribution in [3.05, 3.63) is 30.1 Å². The van der Waals surface area contributed by atoms with Crippen LogP contribution in [-0.4, -0.2) is 41.0 Å². The third-order valence-electron chi connectivity index (χ3n) is 5.07. The van der Waals surface area contributed by atoms with E-state index in [-0.39, 0.29) is 11.9 Å². The smallest absolute Gasteiger partial charge is 0.251 e. The van der Waals surface area contributed by atoms with Gasteiger partial charge in [-0.15, -0.1) is 0 Å². The second-order valence-corrected chi connectivity index (χ2v) is 6.69. The fraction of sp³-hybridized carbons (Fsp3) is 0.667. The first-order valence-electron chi connectivity index (χ1n) is 8.78. The van der Waals surface area contributed by atoms with Crippen LogP contribution < -0.4 is 5.32 Å². The molecule has 0 bridgehead atoms. The third kappa shape index (κ3) is 4.07. The summed E-state index contributed by atoms with van der Waals surface area (Å²) in [6, 6.07) is 4.59. The molecule has 22 heavy (non-hydrogen) atoms. The molecule has 4 heteroatoms. The predicted molar refractivity (Wildman–Crippen MR) is 87.8 cm³/mol. The van der Waals surface area contributed by atoms with Crippen molar-refractivity contribution in [1.82, 2.24) is 15.2 Å². The van der Waals surface area contributed by atoms with Crippen LogP contribution in [0.2, 0.25) is 0 Å². The number of nitrogens with zero attached hydrogens (tertiary/aromatic N) is 2. The monoisotopic (exact) mass is 301 g/mol. The van der Waals surface area contributed by atoms with E-state index in [0.29, 0.717) is 5.56 Å². The van der Waals surface area contributed by atoms with Gasteiger partial charge < -0.3 is 5.32 Å². The molecule has 2 aliphatic rings. The van der Waals surface area contributed by atoms with Gasteiger partial charge in [0.2, 0.25) is 0 Å². The van der Waals surface area contributed by atoms with E-state index in [1.54, 1.807) is 24.5 Å². The highest BCUT2D eigenvalue weighted by Gasteiger charge is 2.27. The van der Waals surface area contributed by atoms with Crippen molar-refractivity contribution in [2.24, 2.45) is 0 Å². The van der Waals surface area contributed by atoms with E-state index >= 15 is 0 Å². The van der Waals surface area contributed by atoms with Gasteiger partial charge in [-0.3, -0.25) is 14.7 Å². The predicted octanol–water partition coefficient (Wildman–Crippen LogP) is 3.00. The van der Waals surface area contributed by atoms with Gasteiger partial charge in [-0.25, -0.2) is 0 Å². The summed E-state index contributed by atoms with van der Waals surface area (Å²) in [4.78, 5) is 18.9. The normalized spacial score (nSPS) is 24.6. The number of hydrogen-bond acceptors (Lipinski definition) is 3. The number of carbonyl (C=O) groups is 1. The number of likely N-dealkylation sites (tertiary alicyclic amines) is 1. The molecule has 1 aliphatic heterocycles. The quantitative estimate of drug-likeness (QED) is 0.873.